The zero-order chi connectivity index (χ0) is 14.8. The van der Waals surface area contributed by atoms with Crippen molar-refractivity contribution in [3.8, 4) is 6.07 Å². The predicted molar refractivity (Wildman–Crippen MR) is 80.5 cm³/mol. The van der Waals surface area contributed by atoms with E-state index in [9.17, 15) is 5.26 Å². The van der Waals surface area contributed by atoms with Crippen LogP contribution in [0.3, 0.4) is 0 Å². The smallest absolute Gasteiger partial charge is 0.151 e. The van der Waals surface area contributed by atoms with Crippen LogP contribution in [0, 0.1) is 24.2 Å². The van der Waals surface area contributed by atoms with E-state index >= 15 is 0 Å². The molecule has 2 atom stereocenters. The summed E-state index contributed by atoms with van der Waals surface area (Å²) in [6.07, 6.45) is 3.55. The van der Waals surface area contributed by atoms with Crippen molar-refractivity contribution in [2.75, 3.05) is 0 Å². The maximum atomic E-state index is 9.66. The van der Waals surface area contributed by atoms with Gasteiger partial charge in [-0.2, -0.15) is 10.4 Å². The lowest BCUT2D eigenvalue weighted by Gasteiger charge is -2.26. The van der Waals surface area contributed by atoms with E-state index in [-0.39, 0.29) is 11.8 Å². The Balaban J connectivity index is 2.14. The summed E-state index contributed by atoms with van der Waals surface area (Å²) in [7, 11) is 0. The molecule has 0 spiro atoms. The summed E-state index contributed by atoms with van der Waals surface area (Å²) in [5, 5.41) is 16.7. The third-order valence-electron chi connectivity index (χ3n) is 3.80. The van der Waals surface area contributed by atoms with E-state index in [4.69, 9.17) is 0 Å². The number of rotatable bonds is 3. The van der Waals surface area contributed by atoms with Crippen molar-refractivity contribution in [2.24, 2.45) is 10.9 Å². The number of aryl methyl sites for hydroxylation is 1. The van der Waals surface area contributed by atoms with Gasteiger partial charge in [-0.3, -0.25) is 10.1 Å². The van der Waals surface area contributed by atoms with Crippen LogP contribution in [0.4, 0.5) is 5.82 Å². The zero-order valence-corrected chi connectivity index (χ0v) is 12.2. The second kappa shape index (κ2) is 5.49. The van der Waals surface area contributed by atoms with Gasteiger partial charge in [0.05, 0.1) is 29.8 Å². The highest BCUT2D eigenvalue weighted by Crippen LogP contribution is 2.41. The number of aromatic amines is 1. The van der Waals surface area contributed by atoms with Crippen molar-refractivity contribution in [2.45, 2.75) is 32.6 Å². The van der Waals surface area contributed by atoms with E-state index in [2.05, 4.69) is 33.2 Å². The number of aromatic nitrogens is 3. The number of hydrogen-bond donors (Lipinski definition) is 1. The highest BCUT2D eigenvalue weighted by molar-refractivity contribution is 5.94. The van der Waals surface area contributed by atoms with E-state index in [0.29, 0.717) is 0 Å². The second-order valence-electron chi connectivity index (χ2n) is 5.32. The van der Waals surface area contributed by atoms with Crippen LogP contribution in [-0.4, -0.2) is 20.9 Å². The summed E-state index contributed by atoms with van der Waals surface area (Å²) in [6, 6.07) is 8.35. The minimum absolute atomic E-state index is 0.0947. The molecule has 2 unspecified atom stereocenters. The Hall–Kier alpha value is -2.48. The fraction of sp³-hybridized carbons (Fsp3) is 0.375. The SMILES string of the molecule is CCCC1=Nc2[nH]ncc2C(c2cccc(C)n2)C1C#N. The highest BCUT2D eigenvalue weighted by atomic mass is 15.2. The quantitative estimate of drug-likeness (QED) is 0.936. The summed E-state index contributed by atoms with van der Waals surface area (Å²) in [5.41, 5.74) is 3.74. The number of aliphatic imine (C=N–C) groups is 1. The average molecular weight is 279 g/mol. The van der Waals surface area contributed by atoms with Gasteiger partial charge < -0.3 is 0 Å². The van der Waals surface area contributed by atoms with Gasteiger partial charge in [0.25, 0.3) is 0 Å². The van der Waals surface area contributed by atoms with Crippen LogP contribution in [0.15, 0.2) is 29.4 Å². The number of nitriles is 1. The van der Waals surface area contributed by atoms with Gasteiger partial charge >= 0.3 is 0 Å². The molecule has 5 nitrogen and oxygen atoms in total. The predicted octanol–water partition coefficient (Wildman–Crippen LogP) is 3.27. The van der Waals surface area contributed by atoms with Crippen LogP contribution in [0.5, 0.6) is 0 Å². The molecule has 0 bridgehead atoms. The number of pyridine rings is 1. The first-order valence-corrected chi connectivity index (χ1v) is 7.18. The largest absolute Gasteiger partial charge is 0.261 e. The Bertz CT molecular complexity index is 722. The maximum absolute atomic E-state index is 9.66. The molecule has 2 aromatic heterocycles. The fourth-order valence-electron chi connectivity index (χ4n) is 2.87. The first kappa shape index (κ1) is 13.5. The van der Waals surface area contributed by atoms with Gasteiger partial charge in [-0.05, 0) is 25.5 Å². The zero-order valence-electron chi connectivity index (χ0n) is 12.2. The van der Waals surface area contributed by atoms with Crippen LogP contribution >= 0.6 is 0 Å². The minimum atomic E-state index is -0.274. The van der Waals surface area contributed by atoms with Crippen molar-refractivity contribution in [3.05, 3.63) is 41.3 Å². The molecule has 0 saturated carbocycles. The Labute approximate surface area is 123 Å². The molecular weight excluding hydrogens is 262 g/mol. The molecule has 0 amide bonds. The monoisotopic (exact) mass is 279 g/mol. The van der Waals surface area contributed by atoms with Gasteiger partial charge in [-0.1, -0.05) is 19.4 Å². The summed E-state index contributed by atoms with van der Waals surface area (Å²) < 4.78 is 0. The Morgan fingerprint density at radius 3 is 2.95 bits per heavy atom. The molecule has 21 heavy (non-hydrogen) atoms. The maximum Gasteiger partial charge on any atom is 0.151 e. The van der Waals surface area contributed by atoms with Gasteiger partial charge in [-0.15, -0.1) is 0 Å². The van der Waals surface area contributed by atoms with E-state index in [1.807, 2.05) is 25.1 Å². The number of nitrogens with zero attached hydrogens (tertiary/aromatic N) is 4. The average Bonchev–Trinajstić information content (AvgIpc) is 2.94. The molecule has 3 heterocycles. The summed E-state index contributed by atoms with van der Waals surface area (Å²) in [5.74, 6) is 0.394. The fourth-order valence-corrected chi connectivity index (χ4v) is 2.87. The van der Waals surface area contributed by atoms with E-state index in [0.717, 1.165) is 41.3 Å². The van der Waals surface area contributed by atoms with Crippen molar-refractivity contribution >= 4 is 11.5 Å². The van der Waals surface area contributed by atoms with Crippen LogP contribution in [0.1, 0.15) is 42.6 Å². The standard InChI is InChI=1S/C16H17N5/c1-3-5-13-11(8-17)15(12-9-18-21-16(12)20-13)14-7-4-6-10(2)19-14/h4,6-7,9,11,15H,3,5H2,1-2H3,(H,18,21). The normalized spacial score (nSPS) is 20.5. The summed E-state index contributed by atoms with van der Waals surface area (Å²) in [6.45, 7) is 4.06. The van der Waals surface area contributed by atoms with Gasteiger partial charge in [0, 0.05) is 17.0 Å². The highest BCUT2D eigenvalue weighted by Gasteiger charge is 2.36. The summed E-state index contributed by atoms with van der Waals surface area (Å²) >= 11 is 0. The van der Waals surface area contributed by atoms with Crippen LogP contribution in [0.2, 0.25) is 0 Å². The molecule has 2 aromatic rings. The van der Waals surface area contributed by atoms with Gasteiger partial charge in [-0.25, -0.2) is 4.99 Å². The van der Waals surface area contributed by atoms with Gasteiger partial charge in [0.15, 0.2) is 5.82 Å². The lowest BCUT2D eigenvalue weighted by molar-refractivity contribution is 0.678. The molecule has 0 fully saturated rings. The van der Waals surface area contributed by atoms with Crippen LogP contribution in [0.25, 0.3) is 0 Å². The third kappa shape index (κ3) is 2.33. The molecule has 0 radical (unpaired) electrons. The molecule has 106 valence electrons. The molecule has 1 N–H and O–H groups in total. The van der Waals surface area contributed by atoms with Crippen molar-refractivity contribution in [1.29, 1.82) is 5.26 Å². The molecular formula is C16H17N5. The van der Waals surface area contributed by atoms with Crippen molar-refractivity contribution < 1.29 is 0 Å². The molecule has 0 aliphatic carbocycles. The Kier molecular flexibility index (Phi) is 3.53. The van der Waals surface area contributed by atoms with Crippen LogP contribution in [-0.2, 0) is 0 Å². The molecule has 3 rings (SSSR count). The molecule has 1 aliphatic heterocycles. The summed E-state index contributed by atoms with van der Waals surface area (Å²) in [4.78, 5) is 9.21. The Morgan fingerprint density at radius 1 is 1.38 bits per heavy atom. The molecule has 5 heteroatoms. The number of hydrogen-bond acceptors (Lipinski definition) is 4. The van der Waals surface area contributed by atoms with Crippen molar-refractivity contribution in [1.82, 2.24) is 15.2 Å². The second-order valence-corrected chi connectivity index (χ2v) is 5.32. The number of nitrogens with one attached hydrogen (secondary N) is 1. The van der Waals surface area contributed by atoms with E-state index in [1.165, 1.54) is 0 Å². The molecule has 0 saturated heterocycles. The number of fused-ring (bicyclic) bond motifs is 1. The first-order valence-electron chi connectivity index (χ1n) is 7.18. The van der Waals surface area contributed by atoms with Crippen LogP contribution < -0.4 is 0 Å². The molecule has 0 aromatic carbocycles. The third-order valence-corrected chi connectivity index (χ3v) is 3.80. The van der Waals surface area contributed by atoms with E-state index < -0.39 is 0 Å². The number of H-pyrrole nitrogens is 1. The minimum Gasteiger partial charge on any atom is -0.261 e. The van der Waals surface area contributed by atoms with Crippen molar-refractivity contribution in [3.63, 3.8) is 0 Å². The van der Waals surface area contributed by atoms with Gasteiger partial charge in [0.1, 0.15) is 0 Å². The Morgan fingerprint density at radius 2 is 2.24 bits per heavy atom. The van der Waals surface area contributed by atoms with Gasteiger partial charge in [0.2, 0.25) is 0 Å². The lowest BCUT2D eigenvalue weighted by atomic mass is 9.79. The lowest BCUT2D eigenvalue weighted by Crippen LogP contribution is -2.25. The topological polar surface area (TPSA) is 77.7 Å². The van der Waals surface area contributed by atoms with E-state index in [1.54, 1.807) is 6.20 Å². The molecule has 1 aliphatic rings. The first-order chi connectivity index (χ1) is 10.2.